The van der Waals surface area contributed by atoms with Crippen molar-refractivity contribution in [1.82, 2.24) is 4.90 Å². The summed E-state index contributed by atoms with van der Waals surface area (Å²) >= 11 is 0. The standard InChI is InChI=1S/C18H22FN3O/c1-3-5-16(21-4-2)22-10-8-18(9-11-22)17(20)14-7-6-13(19)12-15(14)23-18/h3-7,12,17H,2,8-11,20H2,1H3/b5-3+,21-16+. The predicted molar refractivity (Wildman–Crippen MR) is 89.9 cm³/mol. The van der Waals surface area contributed by atoms with Gasteiger partial charge in [-0.15, -0.1) is 0 Å². The molecule has 1 aromatic rings. The molecule has 1 atom stereocenters. The molecule has 0 radical (unpaired) electrons. The molecule has 3 rings (SSSR count). The van der Waals surface area contributed by atoms with Gasteiger partial charge in [-0.05, 0) is 19.1 Å². The molecule has 1 fully saturated rings. The number of allylic oxidation sites excluding steroid dienone is 1. The molecular formula is C18H22FN3O. The topological polar surface area (TPSA) is 50.8 Å². The van der Waals surface area contributed by atoms with Crippen molar-refractivity contribution in [3.63, 3.8) is 0 Å². The summed E-state index contributed by atoms with van der Waals surface area (Å²) in [7, 11) is 0. The third-order valence-corrected chi connectivity index (χ3v) is 4.66. The summed E-state index contributed by atoms with van der Waals surface area (Å²) < 4.78 is 19.5. The van der Waals surface area contributed by atoms with Gasteiger partial charge in [0.05, 0.1) is 6.04 Å². The fraction of sp³-hybridized carbons (Fsp3) is 0.389. The first kappa shape index (κ1) is 15.7. The molecular weight excluding hydrogens is 293 g/mol. The van der Waals surface area contributed by atoms with Crippen molar-refractivity contribution in [2.45, 2.75) is 31.4 Å². The molecule has 2 heterocycles. The predicted octanol–water partition coefficient (Wildman–Crippen LogP) is 3.17. The van der Waals surface area contributed by atoms with Crippen molar-refractivity contribution in [2.75, 3.05) is 13.1 Å². The monoisotopic (exact) mass is 315 g/mol. The second-order valence-corrected chi connectivity index (χ2v) is 5.98. The zero-order valence-corrected chi connectivity index (χ0v) is 13.3. The van der Waals surface area contributed by atoms with E-state index in [1.807, 2.05) is 19.1 Å². The Bertz CT molecular complexity index is 660. The van der Waals surface area contributed by atoms with Crippen molar-refractivity contribution < 1.29 is 9.13 Å². The molecule has 1 unspecified atom stereocenters. The molecule has 122 valence electrons. The SMILES string of the molecule is C=C/N=C(\C=C\C)N1CCC2(CC1)Oc1cc(F)ccc1C2N. The van der Waals surface area contributed by atoms with Crippen LogP contribution in [0, 0.1) is 5.82 Å². The highest BCUT2D eigenvalue weighted by molar-refractivity contribution is 5.93. The Balaban J connectivity index is 1.77. The Hall–Kier alpha value is -2.14. The molecule has 4 nitrogen and oxygen atoms in total. The first-order valence-corrected chi connectivity index (χ1v) is 7.90. The van der Waals surface area contributed by atoms with Crippen LogP contribution in [0.4, 0.5) is 4.39 Å². The summed E-state index contributed by atoms with van der Waals surface area (Å²) in [5.41, 5.74) is 6.87. The highest BCUT2D eigenvalue weighted by Gasteiger charge is 2.48. The number of ether oxygens (including phenoxy) is 1. The number of halogens is 1. The van der Waals surface area contributed by atoms with E-state index in [4.69, 9.17) is 10.5 Å². The number of piperidine rings is 1. The summed E-state index contributed by atoms with van der Waals surface area (Å²) in [6, 6.07) is 4.39. The second-order valence-electron chi connectivity index (χ2n) is 5.98. The number of nitrogens with zero attached hydrogens (tertiary/aromatic N) is 2. The highest BCUT2D eigenvalue weighted by Crippen LogP contribution is 2.47. The van der Waals surface area contributed by atoms with Gasteiger partial charge < -0.3 is 15.4 Å². The number of amidine groups is 1. The van der Waals surface area contributed by atoms with E-state index >= 15 is 0 Å². The van der Waals surface area contributed by atoms with Gasteiger partial charge in [0.1, 0.15) is 23.0 Å². The van der Waals surface area contributed by atoms with Gasteiger partial charge >= 0.3 is 0 Å². The summed E-state index contributed by atoms with van der Waals surface area (Å²) in [5, 5.41) is 0. The van der Waals surface area contributed by atoms with Gasteiger partial charge in [-0.25, -0.2) is 9.38 Å². The third kappa shape index (κ3) is 2.77. The summed E-state index contributed by atoms with van der Waals surface area (Å²) in [6.45, 7) is 7.22. The highest BCUT2D eigenvalue weighted by atomic mass is 19.1. The van der Waals surface area contributed by atoms with Crippen molar-refractivity contribution in [2.24, 2.45) is 10.7 Å². The molecule has 0 bridgehead atoms. The number of benzene rings is 1. The molecule has 1 spiro atoms. The molecule has 0 saturated carbocycles. The van der Waals surface area contributed by atoms with E-state index in [0.717, 1.165) is 37.3 Å². The molecule has 2 aliphatic rings. The molecule has 2 aliphatic heterocycles. The number of hydrogen-bond acceptors (Lipinski definition) is 3. The lowest BCUT2D eigenvalue weighted by Crippen LogP contribution is -2.52. The average Bonchev–Trinajstić information content (AvgIpc) is 2.80. The maximum Gasteiger partial charge on any atom is 0.132 e. The molecule has 5 heteroatoms. The van der Waals surface area contributed by atoms with Crippen LogP contribution in [0.1, 0.15) is 31.4 Å². The second kappa shape index (κ2) is 6.16. The van der Waals surface area contributed by atoms with E-state index in [1.54, 1.807) is 12.3 Å². The summed E-state index contributed by atoms with van der Waals surface area (Å²) in [6.07, 6.45) is 7.04. The summed E-state index contributed by atoms with van der Waals surface area (Å²) in [4.78, 5) is 6.52. The minimum atomic E-state index is -0.443. The number of likely N-dealkylation sites (tertiary alicyclic amines) is 1. The lowest BCUT2D eigenvalue weighted by atomic mass is 9.83. The van der Waals surface area contributed by atoms with E-state index in [0.29, 0.717) is 5.75 Å². The van der Waals surface area contributed by atoms with Crippen molar-refractivity contribution in [3.8, 4) is 5.75 Å². The van der Waals surface area contributed by atoms with Crippen molar-refractivity contribution >= 4 is 5.84 Å². The van der Waals surface area contributed by atoms with Gasteiger partial charge in [0, 0.05) is 43.8 Å². The van der Waals surface area contributed by atoms with E-state index in [1.165, 1.54) is 12.1 Å². The Kier molecular flexibility index (Phi) is 4.22. The van der Waals surface area contributed by atoms with Crippen molar-refractivity contribution in [3.05, 3.63) is 54.5 Å². The fourth-order valence-electron chi connectivity index (χ4n) is 3.42. The normalized spacial score (nSPS) is 23.2. The van der Waals surface area contributed by atoms with E-state index in [2.05, 4.69) is 16.5 Å². The van der Waals surface area contributed by atoms with Gasteiger partial charge in [0.15, 0.2) is 0 Å². The number of fused-ring (bicyclic) bond motifs is 1. The Labute approximate surface area is 136 Å². The minimum Gasteiger partial charge on any atom is -0.485 e. The molecule has 23 heavy (non-hydrogen) atoms. The van der Waals surface area contributed by atoms with Crippen LogP contribution in [0.15, 0.2) is 48.1 Å². The van der Waals surface area contributed by atoms with Crippen LogP contribution in [0.2, 0.25) is 0 Å². The van der Waals surface area contributed by atoms with Crippen LogP contribution in [0.3, 0.4) is 0 Å². The third-order valence-electron chi connectivity index (χ3n) is 4.66. The van der Waals surface area contributed by atoms with Gasteiger partial charge in [0.2, 0.25) is 0 Å². The Morgan fingerprint density at radius 3 is 2.87 bits per heavy atom. The number of rotatable bonds is 2. The van der Waals surface area contributed by atoms with Crippen LogP contribution < -0.4 is 10.5 Å². The fourth-order valence-corrected chi connectivity index (χ4v) is 3.42. The maximum absolute atomic E-state index is 13.4. The summed E-state index contributed by atoms with van der Waals surface area (Å²) in [5.74, 6) is 1.19. The smallest absolute Gasteiger partial charge is 0.132 e. The maximum atomic E-state index is 13.4. The van der Waals surface area contributed by atoms with Crippen LogP contribution in [0.25, 0.3) is 0 Å². The van der Waals surface area contributed by atoms with Crippen LogP contribution >= 0.6 is 0 Å². The van der Waals surface area contributed by atoms with Gasteiger partial charge in [-0.2, -0.15) is 0 Å². The number of hydrogen-bond donors (Lipinski definition) is 1. The van der Waals surface area contributed by atoms with E-state index in [-0.39, 0.29) is 11.9 Å². The van der Waals surface area contributed by atoms with Gasteiger partial charge in [-0.1, -0.05) is 18.7 Å². The molecule has 1 saturated heterocycles. The zero-order chi connectivity index (χ0) is 16.4. The van der Waals surface area contributed by atoms with E-state index < -0.39 is 5.60 Å². The van der Waals surface area contributed by atoms with Gasteiger partial charge in [0.25, 0.3) is 0 Å². The minimum absolute atomic E-state index is 0.221. The number of nitrogens with two attached hydrogens (primary N) is 1. The quantitative estimate of drug-likeness (QED) is 0.673. The van der Waals surface area contributed by atoms with Crippen LogP contribution in [-0.4, -0.2) is 29.4 Å². The molecule has 0 aromatic heterocycles. The van der Waals surface area contributed by atoms with Crippen LogP contribution in [-0.2, 0) is 0 Å². The molecule has 1 aromatic carbocycles. The van der Waals surface area contributed by atoms with Gasteiger partial charge in [-0.3, -0.25) is 0 Å². The average molecular weight is 315 g/mol. The first-order chi connectivity index (χ1) is 11.1. The van der Waals surface area contributed by atoms with Crippen LogP contribution in [0.5, 0.6) is 5.75 Å². The molecule has 0 aliphatic carbocycles. The van der Waals surface area contributed by atoms with E-state index in [9.17, 15) is 4.39 Å². The lowest BCUT2D eigenvalue weighted by molar-refractivity contribution is 0.0169. The van der Waals surface area contributed by atoms with Crippen molar-refractivity contribution in [1.29, 1.82) is 0 Å². The first-order valence-electron chi connectivity index (χ1n) is 7.90. The Morgan fingerprint density at radius 1 is 1.48 bits per heavy atom. The zero-order valence-electron chi connectivity index (χ0n) is 13.3. The largest absolute Gasteiger partial charge is 0.485 e. The number of aliphatic imine (C=N–C) groups is 1. The Morgan fingerprint density at radius 2 is 2.22 bits per heavy atom. The lowest BCUT2D eigenvalue weighted by Gasteiger charge is -2.41. The molecule has 0 amide bonds. The molecule has 2 N–H and O–H groups in total.